The van der Waals surface area contributed by atoms with Crippen LogP contribution < -0.4 is 4.90 Å². The molecule has 0 unspecified atom stereocenters. The first-order chi connectivity index (χ1) is 14.7. The average molecular weight is 408 g/mol. The normalized spacial score (nSPS) is 19.7. The van der Waals surface area contributed by atoms with Gasteiger partial charge in [0.05, 0.1) is 0 Å². The second-order valence-electron chi connectivity index (χ2n) is 8.74. The Hall–Kier alpha value is -2.77. The molecule has 1 atom stereocenters. The first-order valence-corrected chi connectivity index (χ1v) is 11.2. The fraction of sp³-hybridized carbons (Fsp3) is 0.591. The standard InChI is InChI=1S/C22H29N7O/c1-15(2)20-24-22(30-27-20)16-9-10-23-19(13-16)28-11-6-7-17(14-28)21-26-25-18-8-4-3-5-12-29(18)21/h9-10,13,15,17H,3-8,11-12,14H2,1-2H3/t17-/m0/s1. The zero-order chi connectivity index (χ0) is 20.5. The molecule has 3 aromatic rings. The molecule has 0 bridgehead atoms. The lowest BCUT2D eigenvalue weighted by molar-refractivity contribution is 0.419. The van der Waals surface area contributed by atoms with E-state index in [0.29, 0.717) is 11.8 Å². The summed E-state index contributed by atoms with van der Waals surface area (Å²) in [5.41, 5.74) is 0.915. The predicted molar refractivity (Wildman–Crippen MR) is 113 cm³/mol. The number of pyridine rings is 1. The number of aromatic nitrogens is 6. The topological polar surface area (TPSA) is 85.8 Å². The molecular formula is C22H29N7O. The van der Waals surface area contributed by atoms with Crippen LogP contribution in [0.3, 0.4) is 0 Å². The number of hydrogen-bond acceptors (Lipinski definition) is 7. The van der Waals surface area contributed by atoms with Gasteiger partial charge in [-0.1, -0.05) is 25.4 Å². The van der Waals surface area contributed by atoms with E-state index in [0.717, 1.165) is 67.8 Å². The van der Waals surface area contributed by atoms with Gasteiger partial charge in [0, 0.05) is 49.7 Å². The van der Waals surface area contributed by atoms with Crippen molar-refractivity contribution in [3.8, 4) is 11.5 Å². The molecule has 0 radical (unpaired) electrons. The van der Waals surface area contributed by atoms with Crippen molar-refractivity contribution in [3.63, 3.8) is 0 Å². The third kappa shape index (κ3) is 3.70. The van der Waals surface area contributed by atoms with Crippen molar-refractivity contribution in [1.29, 1.82) is 0 Å². The van der Waals surface area contributed by atoms with E-state index in [1.807, 2.05) is 12.3 Å². The van der Waals surface area contributed by atoms with Crippen molar-refractivity contribution in [2.45, 2.75) is 70.8 Å². The van der Waals surface area contributed by atoms with Crippen molar-refractivity contribution in [2.75, 3.05) is 18.0 Å². The number of aryl methyl sites for hydroxylation is 1. The molecule has 8 nitrogen and oxygen atoms in total. The second-order valence-corrected chi connectivity index (χ2v) is 8.74. The second kappa shape index (κ2) is 8.16. The van der Waals surface area contributed by atoms with Crippen LogP contribution in [0.2, 0.25) is 0 Å². The molecule has 2 aliphatic heterocycles. The molecule has 0 aliphatic carbocycles. The van der Waals surface area contributed by atoms with E-state index in [2.05, 4.69) is 54.7 Å². The van der Waals surface area contributed by atoms with Gasteiger partial charge in [-0.3, -0.25) is 0 Å². The van der Waals surface area contributed by atoms with Crippen molar-refractivity contribution in [3.05, 3.63) is 35.8 Å². The lowest BCUT2D eigenvalue weighted by Crippen LogP contribution is -2.36. The summed E-state index contributed by atoms with van der Waals surface area (Å²) >= 11 is 0. The molecule has 2 aliphatic rings. The van der Waals surface area contributed by atoms with Gasteiger partial charge in [-0.15, -0.1) is 10.2 Å². The Morgan fingerprint density at radius 1 is 1.10 bits per heavy atom. The average Bonchev–Trinajstić information content (AvgIpc) is 3.36. The summed E-state index contributed by atoms with van der Waals surface area (Å²) in [7, 11) is 0. The Kier molecular flexibility index (Phi) is 5.23. The summed E-state index contributed by atoms with van der Waals surface area (Å²) in [6.07, 6.45) is 8.88. The van der Waals surface area contributed by atoms with Crippen molar-refractivity contribution in [1.82, 2.24) is 29.9 Å². The molecule has 0 N–H and O–H groups in total. The Morgan fingerprint density at radius 2 is 2.03 bits per heavy atom. The number of fused-ring (bicyclic) bond motifs is 1. The molecular weight excluding hydrogens is 378 g/mol. The van der Waals surface area contributed by atoms with Crippen molar-refractivity contribution >= 4 is 5.82 Å². The van der Waals surface area contributed by atoms with E-state index in [4.69, 9.17) is 4.52 Å². The molecule has 0 spiro atoms. The smallest absolute Gasteiger partial charge is 0.258 e. The van der Waals surface area contributed by atoms with E-state index in [9.17, 15) is 0 Å². The van der Waals surface area contributed by atoms with Crippen LogP contribution in [0.4, 0.5) is 5.82 Å². The zero-order valence-electron chi connectivity index (χ0n) is 17.8. The van der Waals surface area contributed by atoms with E-state index in [1.54, 1.807) is 0 Å². The largest absolute Gasteiger partial charge is 0.356 e. The van der Waals surface area contributed by atoms with Gasteiger partial charge in [0.25, 0.3) is 5.89 Å². The van der Waals surface area contributed by atoms with Gasteiger partial charge >= 0.3 is 0 Å². The summed E-state index contributed by atoms with van der Waals surface area (Å²) in [6, 6.07) is 3.99. The Labute approximate surface area is 176 Å². The molecule has 0 amide bonds. The fourth-order valence-corrected chi connectivity index (χ4v) is 4.52. The lowest BCUT2D eigenvalue weighted by atomic mass is 9.97. The van der Waals surface area contributed by atoms with Crippen LogP contribution in [0.25, 0.3) is 11.5 Å². The van der Waals surface area contributed by atoms with Gasteiger partial charge in [-0.05, 0) is 37.8 Å². The molecule has 0 aromatic carbocycles. The number of nitrogens with zero attached hydrogens (tertiary/aromatic N) is 7. The first kappa shape index (κ1) is 19.2. The predicted octanol–water partition coefficient (Wildman–Crippen LogP) is 3.96. The maximum absolute atomic E-state index is 5.48. The molecule has 0 saturated carbocycles. The minimum absolute atomic E-state index is 0.241. The highest BCUT2D eigenvalue weighted by Crippen LogP contribution is 2.31. The lowest BCUT2D eigenvalue weighted by Gasteiger charge is -2.33. The van der Waals surface area contributed by atoms with Crippen molar-refractivity contribution in [2.24, 2.45) is 0 Å². The summed E-state index contributed by atoms with van der Waals surface area (Å²) in [5, 5.41) is 13.2. The minimum atomic E-state index is 0.241. The van der Waals surface area contributed by atoms with Gasteiger partial charge in [-0.25, -0.2) is 4.98 Å². The number of anilines is 1. The first-order valence-electron chi connectivity index (χ1n) is 11.2. The van der Waals surface area contributed by atoms with Crippen LogP contribution in [-0.4, -0.2) is 43.0 Å². The number of rotatable bonds is 4. The summed E-state index contributed by atoms with van der Waals surface area (Å²) in [6.45, 7) is 7.08. The quantitative estimate of drug-likeness (QED) is 0.647. The summed E-state index contributed by atoms with van der Waals surface area (Å²) in [5.74, 6) is 5.19. The van der Waals surface area contributed by atoms with Gasteiger partial charge in [0.1, 0.15) is 17.5 Å². The third-order valence-electron chi connectivity index (χ3n) is 6.20. The van der Waals surface area contributed by atoms with Crippen LogP contribution in [0.5, 0.6) is 0 Å². The molecule has 1 fully saturated rings. The highest BCUT2D eigenvalue weighted by molar-refractivity contribution is 5.59. The monoisotopic (exact) mass is 407 g/mol. The highest BCUT2D eigenvalue weighted by Gasteiger charge is 2.28. The van der Waals surface area contributed by atoms with Crippen LogP contribution in [0.15, 0.2) is 22.9 Å². The SMILES string of the molecule is CC(C)c1noc(-c2ccnc(N3CCC[C@H](c4nnc5n4CCCCC5)C3)c2)n1. The molecule has 30 heavy (non-hydrogen) atoms. The molecule has 158 valence electrons. The Balaban J connectivity index is 1.37. The Morgan fingerprint density at radius 3 is 2.90 bits per heavy atom. The minimum Gasteiger partial charge on any atom is -0.356 e. The molecule has 1 saturated heterocycles. The van der Waals surface area contributed by atoms with Crippen LogP contribution in [-0.2, 0) is 13.0 Å². The van der Waals surface area contributed by atoms with E-state index >= 15 is 0 Å². The zero-order valence-corrected chi connectivity index (χ0v) is 17.8. The van der Waals surface area contributed by atoms with Crippen molar-refractivity contribution < 1.29 is 4.52 Å². The van der Waals surface area contributed by atoms with Gasteiger partial charge in [0.2, 0.25) is 0 Å². The fourth-order valence-electron chi connectivity index (χ4n) is 4.52. The molecule has 3 aromatic heterocycles. The molecule has 8 heteroatoms. The van der Waals surface area contributed by atoms with Gasteiger partial charge < -0.3 is 14.0 Å². The van der Waals surface area contributed by atoms with E-state index < -0.39 is 0 Å². The van der Waals surface area contributed by atoms with Crippen LogP contribution >= 0.6 is 0 Å². The van der Waals surface area contributed by atoms with Gasteiger partial charge in [-0.2, -0.15) is 4.98 Å². The maximum Gasteiger partial charge on any atom is 0.258 e. The van der Waals surface area contributed by atoms with E-state index in [1.165, 1.54) is 19.3 Å². The molecule has 5 rings (SSSR count). The summed E-state index contributed by atoms with van der Waals surface area (Å²) < 4.78 is 7.87. The highest BCUT2D eigenvalue weighted by atomic mass is 16.5. The third-order valence-corrected chi connectivity index (χ3v) is 6.20. The number of hydrogen-bond donors (Lipinski definition) is 0. The Bertz CT molecular complexity index is 1010. The van der Waals surface area contributed by atoms with E-state index in [-0.39, 0.29) is 5.92 Å². The van der Waals surface area contributed by atoms with Gasteiger partial charge in [0.15, 0.2) is 5.82 Å². The maximum atomic E-state index is 5.48. The van der Waals surface area contributed by atoms with Crippen LogP contribution in [0, 0.1) is 0 Å². The number of piperidine rings is 1. The molecule has 5 heterocycles. The summed E-state index contributed by atoms with van der Waals surface area (Å²) in [4.78, 5) is 11.5. The van der Waals surface area contributed by atoms with Crippen LogP contribution in [0.1, 0.15) is 75.3 Å².